The lowest BCUT2D eigenvalue weighted by Crippen LogP contribution is -2.14. The van der Waals surface area contributed by atoms with E-state index in [-0.39, 0.29) is 22.0 Å². The molecular formula is C22H24O5S. The van der Waals surface area contributed by atoms with E-state index in [1.807, 2.05) is 13.8 Å². The normalized spacial score (nSPS) is 12.9. The number of aromatic hydroxyl groups is 1. The van der Waals surface area contributed by atoms with Crippen molar-refractivity contribution in [2.45, 2.75) is 43.9 Å². The molecule has 28 heavy (non-hydrogen) atoms. The summed E-state index contributed by atoms with van der Waals surface area (Å²) in [6.07, 6.45) is 1.98. The Morgan fingerprint density at radius 2 is 1.71 bits per heavy atom. The van der Waals surface area contributed by atoms with Crippen molar-refractivity contribution < 1.29 is 17.9 Å². The van der Waals surface area contributed by atoms with Gasteiger partial charge in [-0.3, -0.25) is 0 Å². The monoisotopic (exact) mass is 400 g/mol. The SMILES string of the molecule is CCCCS(=O)(=O)c1ccc(C(CC)c2c(O)c3ccccc3oc2=O)cc1. The van der Waals surface area contributed by atoms with Gasteiger partial charge in [0.05, 0.1) is 21.6 Å². The fourth-order valence-corrected chi connectivity index (χ4v) is 4.88. The molecule has 148 valence electrons. The van der Waals surface area contributed by atoms with Crippen molar-refractivity contribution in [2.24, 2.45) is 0 Å². The van der Waals surface area contributed by atoms with Crippen LogP contribution in [0.5, 0.6) is 5.75 Å². The van der Waals surface area contributed by atoms with Gasteiger partial charge < -0.3 is 9.52 Å². The van der Waals surface area contributed by atoms with Gasteiger partial charge in [0, 0.05) is 5.92 Å². The van der Waals surface area contributed by atoms with E-state index in [2.05, 4.69) is 0 Å². The Bertz CT molecular complexity index is 1130. The minimum Gasteiger partial charge on any atom is -0.507 e. The maximum Gasteiger partial charge on any atom is 0.343 e. The van der Waals surface area contributed by atoms with Gasteiger partial charge in [0.1, 0.15) is 11.3 Å². The van der Waals surface area contributed by atoms with E-state index in [0.29, 0.717) is 23.8 Å². The van der Waals surface area contributed by atoms with Gasteiger partial charge >= 0.3 is 5.63 Å². The molecule has 1 heterocycles. The second-order valence-electron chi connectivity index (χ2n) is 6.85. The topological polar surface area (TPSA) is 84.6 Å². The van der Waals surface area contributed by atoms with Crippen molar-refractivity contribution >= 4 is 20.8 Å². The number of fused-ring (bicyclic) bond motifs is 1. The average Bonchev–Trinajstić information content (AvgIpc) is 2.70. The van der Waals surface area contributed by atoms with Gasteiger partial charge in [0.15, 0.2) is 9.84 Å². The van der Waals surface area contributed by atoms with Crippen molar-refractivity contribution in [1.29, 1.82) is 0 Å². The zero-order valence-corrected chi connectivity index (χ0v) is 16.8. The maximum absolute atomic E-state index is 12.5. The van der Waals surface area contributed by atoms with Crippen LogP contribution < -0.4 is 5.63 Å². The largest absolute Gasteiger partial charge is 0.507 e. The van der Waals surface area contributed by atoms with Crippen LogP contribution in [0.3, 0.4) is 0 Å². The molecule has 0 spiro atoms. The number of unbranched alkanes of at least 4 members (excludes halogenated alkanes) is 1. The van der Waals surface area contributed by atoms with E-state index in [0.717, 1.165) is 12.0 Å². The molecule has 2 aromatic carbocycles. The van der Waals surface area contributed by atoms with E-state index in [1.54, 1.807) is 48.5 Å². The molecule has 0 aliphatic rings. The third-order valence-corrected chi connectivity index (χ3v) is 6.80. The van der Waals surface area contributed by atoms with Gasteiger partial charge in [0.25, 0.3) is 0 Å². The van der Waals surface area contributed by atoms with Gasteiger partial charge in [-0.15, -0.1) is 0 Å². The number of rotatable bonds is 7. The Balaban J connectivity index is 2.03. The molecule has 1 unspecified atom stereocenters. The summed E-state index contributed by atoms with van der Waals surface area (Å²) >= 11 is 0. The molecule has 0 saturated carbocycles. The van der Waals surface area contributed by atoms with E-state index < -0.39 is 21.4 Å². The number of hydrogen-bond acceptors (Lipinski definition) is 5. The lowest BCUT2D eigenvalue weighted by Gasteiger charge is -2.17. The zero-order valence-electron chi connectivity index (χ0n) is 16.0. The molecule has 0 amide bonds. The van der Waals surface area contributed by atoms with Crippen molar-refractivity contribution in [2.75, 3.05) is 5.75 Å². The summed E-state index contributed by atoms with van der Waals surface area (Å²) in [5.41, 5.74) is 0.710. The van der Waals surface area contributed by atoms with Gasteiger partial charge in [-0.05, 0) is 42.7 Å². The molecule has 0 bridgehead atoms. The Hall–Kier alpha value is -2.60. The van der Waals surface area contributed by atoms with Crippen molar-refractivity contribution in [3.8, 4) is 5.75 Å². The van der Waals surface area contributed by atoms with Crippen LogP contribution in [0.15, 0.2) is 62.6 Å². The zero-order chi connectivity index (χ0) is 20.3. The predicted molar refractivity (Wildman–Crippen MR) is 110 cm³/mol. The Kier molecular flexibility index (Phi) is 5.89. The highest BCUT2D eigenvalue weighted by Crippen LogP contribution is 2.36. The fraction of sp³-hybridized carbons (Fsp3) is 0.318. The second-order valence-corrected chi connectivity index (χ2v) is 8.96. The average molecular weight is 400 g/mol. The van der Waals surface area contributed by atoms with Crippen LogP contribution in [0.1, 0.15) is 50.2 Å². The summed E-state index contributed by atoms with van der Waals surface area (Å²) in [7, 11) is -3.31. The molecular weight excluding hydrogens is 376 g/mol. The molecule has 5 nitrogen and oxygen atoms in total. The predicted octanol–water partition coefficient (Wildman–Crippen LogP) is 4.61. The quantitative estimate of drug-likeness (QED) is 0.585. The molecule has 1 aromatic heterocycles. The molecule has 0 saturated heterocycles. The first-order valence-corrected chi connectivity index (χ1v) is 11.1. The van der Waals surface area contributed by atoms with Crippen LogP contribution in [-0.2, 0) is 9.84 Å². The summed E-state index contributed by atoms with van der Waals surface area (Å²) in [4.78, 5) is 12.8. The number of hydrogen-bond donors (Lipinski definition) is 1. The summed E-state index contributed by atoms with van der Waals surface area (Å²) in [5, 5.41) is 11.2. The molecule has 0 aliphatic heterocycles. The van der Waals surface area contributed by atoms with Gasteiger partial charge in [-0.1, -0.05) is 44.5 Å². The fourth-order valence-electron chi connectivity index (χ4n) is 3.42. The molecule has 3 aromatic rings. The highest BCUT2D eigenvalue weighted by molar-refractivity contribution is 7.91. The summed E-state index contributed by atoms with van der Waals surface area (Å²) in [6, 6.07) is 13.4. The lowest BCUT2D eigenvalue weighted by molar-refractivity contribution is 0.450. The third kappa shape index (κ3) is 3.83. The highest BCUT2D eigenvalue weighted by Gasteiger charge is 2.24. The van der Waals surface area contributed by atoms with Crippen LogP contribution >= 0.6 is 0 Å². The number of sulfone groups is 1. The van der Waals surface area contributed by atoms with Crippen molar-refractivity contribution in [3.05, 3.63) is 70.1 Å². The Morgan fingerprint density at radius 3 is 2.36 bits per heavy atom. The molecule has 1 atom stereocenters. The number of benzene rings is 2. The molecule has 0 fully saturated rings. The van der Waals surface area contributed by atoms with Gasteiger partial charge in [0.2, 0.25) is 0 Å². The van der Waals surface area contributed by atoms with E-state index in [9.17, 15) is 18.3 Å². The standard InChI is InChI=1S/C22H24O5S/c1-3-5-14-28(25,26)16-12-10-15(11-13-16)17(4-2)20-21(23)18-8-6-7-9-19(18)27-22(20)24/h6-13,17,23H,3-5,14H2,1-2H3. The Morgan fingerprint density at radius 1 is 1.04 bits per heavy atom. The van der Waals surface area contributed by atoms with Crippen molar-refractivity contribution in [3.63, 3.8) is 0 Å². The summed E-state index contributed by atoms with van der Waals surface area (Å²) in [6.45, 7) is 3.86. The van der Waals surface area contributed by atoms with Crippen LogP contribution in [0.4, 0.5) is 0 Å². The molecule has 1 N–H and O–H groups in total. The van der Waals surface area contributed by atoms with E-state index in [1.165, 1.54) is 0 Å². The Labute approximate surface area is 164 Å². The summed E-state index contributed by atoms with van der Waals surface area (Å²) < 4.78 is 30.1. The number of para-hydroxylation sites is 1. The third-order valence-electron chi connectivity index (χ3n) is 4.98. The molecule has 0 aliphatic carbocycles. The minimum atomic E-state index is -3.31. The molecule has 3 rings (SSSR count). The first-order valence-electron chi connectivity index (χ1n) is 9.46. The van der Waals surface area contributed by atoms with Crippen LogP contribution in [0.2, 0.25) is 0 Å². The first kappa shape index (κ1) is 20.1. The first-order chi connectivity index (χ1) is 13.4. The smallest absolute Gasteiger partial charge is 0.343 e. The van der Waals surface area contributed by atoms with Crippen molar-refractivity contribution in [1.82, 2.24) is 0 Å². The maximum atomic E-state index is 12.5. The second kappa shape index (κ2) is 8.19. The minimum absolute atomic E-state index is 0.0849. The molecule has 6 heteroatoms. The lowest BCUT2D eigenvalue weighted by atomic mass is 9.89. The van der Waals surface area contributed by atoms with E-state index in [4.69, 9.17) is 4.42 Å². The van der Waals surface area contributed by atoms with Gasteiger partial charge in [-0.25, -0.2) is 13.2 Å². The van der Waals surface area contributed by atoms with E-state index >= 15 is 0 Å². The highest BCUT2D eigenvalue weighted by atomic mass is 32.2. The van der Waals surface area contributed by atoms with Crippen LogP contribution in [0, 0.1) is 0 Å². The van der Waals surface area contributed by atoms with Crippen LogP contribution in [-0.4, -0.2) is 19.3 Å². The van der Waals surface area contributed by atoms with Crippen LogP contribution in [0.25, 0.3) is 11.0 Å². The van der Waals surface area contributed by atoms with Gasteiger partial charge in [-0.2, -0.15) is 0 Å². The molecule has 0 radical (unpaired) electrons. The summed E-state index contributed by atoms with van der Waals surface area (Å²) in [5.74, 6) is -0.360.